The Morgan fingerprint density at radius 3 is 2.73 bits per heavy atom. The summed E-state index contributed by atoms with van der Waals surface area (Å²) in [5.41, 5.74) is 4.16. The first kappa shape index (κ1) is 22.8. The number of carbonyl (C=O) groups excluding carboxylic acids is 1. The molecule has 4 rings (SSSR count). The largest absolute Gasteiger partial charge is 0.419 e. The number of aryl methyl sites for hydroxylation is 1. The minimum Gasteiger partial charge on any atom is -0.408 e. The van der Waals surface area contributed by atoms with E-state index in [9.17, 15) is 14.9 Å². The highest BCUT2D eigenvalue weighted by Gasteiger charge is 2.25. The van der Waals surface area contributed by atoms with Gasteiger partial charge in [0, 0.05) is 26.6 Å². The van der Waals surface area contributed by atoms with Crippen LogP contribution < -0.4 is 16.4 Å². The highest BCUT2D eigenvalue weighted by molar-refractivity contribution is 5.82. The molecule has 1 amide bonds. The van der Waals surface area contributed by atoms with Crippen LogP contribution >= 0.6 is 0 Å². The molecule has 172 valence electrons. The van der Waals surface area contributed by atoms with Crippen LogP contribution in [0.3, 0.4) is 0 Å². The van der Waals surface area contributed by atoms with Gasteiger partial charge in [-0.1, -0.05) is 37.3 Å². The van der Waals surface area contributed by atoms with Crippen molar-refractivity contribution in [3.8, 4) is 17.2 Å². The van der Waals surface area contributed by atoms with Gasteiger partial charge in [0.25, 0.3) is 5.91 Å². The number of oxazole rings is 1. The summed E-state index contributed by atoms with van der Waals surface area (Å²) in [7, 11) is 1.68. The quantitative estimate of drug-likeness (QED) is 0.599. The lowest BCUT2D eigenvalue weighted by atomic mass is 10.0. The normalized spacial score (nSPS) is 19.5. The lowest BCUT2D eigenvalue weighted by Crippen LogP contribution is -2.46. The number of hydrogen-bond donors (Lipinski definition) is 2. The molecule has 0 radical (unpaired) electrons. The number of carbonyl (C=O) groups is 1. The summed E-state index contributed by atoms with van der Waals surface area (Å²) in [6.07, 6.45) is 0.801. The van der Waals surface area contributed by atoms with Gasteiger partial charge in [-0.3, -0.25) is 9.36 Å². The summed E-state index contributed by atoms with van der Waals surface area (Å²) in [5.74, 6) is -0.258. The SMILES string of the molecule is CC[C@@H]1CNC[C@@H](C(=O)N[C@H](C#N)Cc2ccc(-c3ccc4oc(=O)n(C)c4c3)cc2)OC1. The smallest absolute Gasteiger partial charge is 0.408 e. The molecule has 0 unspecified atom stereocenters. The van der Waals surface area contributed by atoms with E-state index in [1.165, 1.54) is 4.57 Å². The molecule has 8 heteroatoms. The van der Waals surface area contributed by atoms with Crippen molar-refractivity contribution in [2.24, 2.45) is 13.0 Å². The van der Waals surface area contributed by atoms with Gasteiger partial charge in [0.2, 0.25) is 0 Å². The zero-order valence-corrected chi connectivity index (χ0v) is 18.8. The molecule has 1 saturated heterocycles. The number of amides is 1. The van der Waals surface area contributed by atoms with Crippen molar-refractivity contribution in [1.29, 1.82) is 5.26 Å². The molecule has 33 heavy (non-hydrogen) atoms. The maximum Gasteiger partial charge on any atom is 0.419 e. The van der Waals surface area contributed by atoms with E-state index in [0.29, 0.717) is 31.1 Å². The second-order valence-corrected chi connectivity index (χ2v) is 8.46. The summed E-state index contributed by atoms with van der Waals surface area (Å²) in [6, 6.07) is 15.0. The van der Waals surface area contributed by atoms with Crippen molar-refractivity contribution in [2.75, 3.05) is 19.7 Å². The van der Waals surface area contributed by atoms with Crippen LogP contribution in [0.15, 0.2) is 51.7 Å². The number of nitrogens with zero attached hydrogens (tertiary/aromatic N) is 2. The van der Waals surface area contributed by atoms with Gasteiger partial charge in [0.1, 0.15) is 12.1 Å². The molecule has 3 atom stereocenters. The third-order valence-corrected chi connectivity index (χ3v) is 6.16. The Morgan fingerprint density at radius 1 is 1.24 bits per heavy atom. The van der Waals surface area contributed by atoms with Gasteiger partial charge >= 0.3 is 5.76 Å². The second-order valence-electron chi connectivity index (χ2n) is 8.46. The van der Waals surface area contributed by atoms with Crippen molar-refractivity contribution < 1.29 is 13.9 Å². The van der Waals surface area contributed by atoms with Gasteiger partial charge in [0.05, 0.1) is 18.2 Å². The fraction of sp³-hybridized carbons (Fsp3) is 0.400. The molecule has 3 aromatic rings. The number of hydrogen-bond acceptors (Lipinski definition) is 6. The molecule has 2 heterocycles. The summed E-state index contributed by atoms with van der Waals surface area (Å²) in [4.78, 5) is 24.3. The van der Waals surface area contributed by atoms with Crippen LogP contribution in [0.4, 0.5) is 0 Å². The molecule has 0 aliphatic carbocycles. The van der Waals surface area contributed by atoms with Crippen LogP contribution in [0.1, 0.15) is 18.9 Å². The van der Waals surface area contributed by atoms with Crippen LogP contribution in [0, 0.1) is 17.2 Å². The highest BCUT2D eigenvalue weighted by atomic mass is 16.5. The average molecular weight is 449 g/mol. The maximum atomic E-state index is 12.6. The van der Waals surface area contributed by atoms with Crippen molar-refractivity contribution in [1.82, 2.24) is 15.2 Å². The molecular formula is C25H28N4O4. The molecule has 8 nitrogen and oxygen atoms in total. The first-order valence-corrected chi connectivity index (χ1v) is 11.2. The van der Waals surface area contributed by atoms with E-state index in [1.807, 2.05) is 36.4 Å². The Morgan fingerprint density at radius 2 is 2.00 bits per heavy atom. The van der Waals surface area contributed by atoms with Gasteiger partial charge in [-0.15, -0.1) is 0 Å². The molecular weight excluding hydrogens is 420 g/mol. The molecule has 2 aromatic carbocycles. The lowest BCUT2D eigenvalue weighted by Gasteiger charge is -2.18. The summed E-state index contributed by atoms with van der Waals surface area (Å²) in [6.45, 7) is 3.92. The minimum atomic E-state index is -0.644. The van der Waals surface area contributed by atoms with Gasteiger partial charge < -0.3 is 19.8 Å². The first-order valence-electron chi connectivity index (χ1n) is 11.2. The number of nitriles is 1. The lowest BCUT2D eigenvalue weighted by molar-refractivity contribution is -0.132. The van der Waals surface area contributed by atoms with Gasteiger partial charge in [-0.05, 0) is 41.2 Å². The second kappa shape index (κ2) is 10.0. The number of nitrogens with one attached hydrogen (secondary N) is 2. The molecule has 0 saturated carbocycles. The topological polar surface area (TPSA) is 109 Å². The minimum absolute atomic E-state index is 0.263. The van der Waals surface area contributed by atoms with Crippen molar-refractivity contribution in [3.63, 3.8) is 0 Å². The predicted molar refractivity (Wildman–Crippen MR) is 125 cm³/mol. The number of rotatable bonds is 6. The standard InChI is InChI=1S/C25H28N4O4/c1-3-16-13-27-14-23(32-15-16)24(30)28-20(12-26)10-17-4-6-18(7-5-17)19-8-9-22-21(11-19)29(2)25(31)33-22/h4-9,11,16,20,23,27H,3,10,13-15H2,1-2H3,(H,28,30)/t16-,20+,23+/m1/s1. The molecule has 2 N–H and O–H groups in total. The molecule has 0 bridgehead atoms. The third-order valence-electron chi connectivity index (χ3n) is 6.16. The zero-order chi connectivity index (χ0) is 23.4. The van der Waals surface area contributed by atoms with Gasteiger partial charge in [-0.25, -0.2) is 4.79 Å². The first-order chi connectivity index (χ1) is 16.0. The van der Waals surface area contributed by atoms with Crippen molar-refractivity contribution in [2.45, 2.75) is 31.9 Å². The average Bonchev–Trinajstić information content (AvgIpc) is 2.99. The van der Waals surface area contributed by atoms with Crippen LogP contribution in [0.2, 0.25) is 0 Å². The predicted octanol–water partition coefficient (Wildman–Crippen LogP) is 2.36. The van der Waals surface area contributed by atoms with E-state index < -0.39 is 17.9 Å². The highest BCUT2D eigenvalue weighted by Crippen LogP contribution is 2.24. The van der Waals surface area contributed by atoms with E-state index in [0.717, 1.165) is 35.2 Å². The molecule has 1 aromatic heterocycles. The Kier molecular flexibility index (Phi) is 6.92. The number of fused-ring (bicyclic) bond motifs is 1. The van der Waals surface area contributed by atoms with E-state index >= 15 is 0 Å². The number of benzene rings is 2. The van der Waals surface area contributed by atoms with Gasteiger partial charge in [-0.2, -0.15) is 5.26 Å². The Balaban J connectivity index is 1.40. The molecule has 1 aliphatic rings. The van der Waals surface area contributed by atoms with Crippen LogP contribution in [-0.2, 0) is 23.0 Å². The van der Waals surface area contributed by atoms with Gasteiger partial charge in [0.15, 0.2) is 5.58 Å². The monoisotopic (exact) mass is 448 g/mol. The third kappa shape index (κ3) is 5.16. The van der Waals surface area contributed by atoms with E-state index in [-0.39, 0.29) is 5.91 Å². The summed E-state index contributed by atoms with van der Waals surface area (Å²) >= 11 is 0. The molecule has 0 spiro atoms. The van der Waals surface area contributed by atoms with Crippen LogP contribution in [0.25, 0.3) is 22.2 Å². The molecule has 1 aliphatic heterocycles. The fourth-order valence-electron chi connectivity index (χ4n) is 3.99. The number of aromatic nitrogens is 1. The summed E-state index contributed by atoms with van der Waals surface area (Å²) in [5, 5.41) is 15.7. The molecule has 1 fully saturated rings. The van der Waals surface area contributed by atoms with Crippen molar-refractivity contribution in [3.05, 3.63) is 58.6 Å². The van der Waals surface area contributed by atoms with E-state index in [1.54, 1.807) is 13.1 Å². The van der Waals surface area contributed by atoms with E-state index in [2.05, 4.69) is 23.6 Å². The number of ether oxygens (including phenoxy) is 1. The fourth-order valence-corrected chi connectivity index (χ4v) is 3.99. The van der Waals surface area contributed by atoms with Crippen molar-refractivity contribution >= 4 is 17.0 Å². The maximum absolute atomic E-state index is 12.6. The Hall–Kier alpha value is -3.41. The van der Waals surface area contributed by atoms with Crippen LogP contribution in [-0.4, -0.2) is 42.3 Å². The summed E-state index contributed by atoms with van der Waals surface area (Å²) < 4.78 is 12.4. The Labute approximate surface area is 192 Å². The Bertz CT molecular complexity index is 1220. The van der Waals surface area contributed by atoms with Crippen LogP contribution in [0.5, 0.6) is 0 Å². The van der Waals surface area contributed by atoms with E-state index in [4.69, 9.17) is 9.15 Å². The zero-order valence-electron chi connectivity index (χ0n) is 18.8.